The minimum atomic E-state index is -0.780. The van der Waals surface area contributed by atoms with E-state index < -0.39 is 6.39 Å². The minimum Gasteiger partial charge on any atom is -0.487 e. The molecule has 0 spiro atoms. The first-order valence-corrected chi connectivity index (χ1v) is 7.15. The molecule has 0 bridgehead atoms. The van der Waals surface area contributed by atoms with Crippen molar-refractivity contribution in [2.75, 3.05) is 18.0 Å². The molecule has 1 aliphatic heterocycles. The molecule has 0 radical (unpaired) electrons. The summed E-state index contributed by atoms with van der Waals surface area (Å²) in [7, 11) is 0. The molecule has 1 aromatic heterocycles. The molecule has 2 heterocycles. The molecule has 6 nitrogen and oxygen atoms in total. The number of rotatable bonds is 5. The lowest BCUT2D eigenvalue weighted by atomic mass is 10.1. The Balaban J connectivity index is 1.51. The van der Waals surface area contributed by atoms with Gasteiger partial charge in [-0.1, -0.05) is 12.1 Å². The Kier molecular flexibility index (Phi) is 3.81. The zero-order valence-electron chi connectivity index (χ0n) is 13.3. The van der Waals surface area contributed by atoms with Crippen molar-refractivity contribution in [3.8, 4) is 5.75 Å². The van der Waals surface area contributed by atoms with Gasteiger partial charge in [0, 0.05) is 0 Å². The third kappa shape index (κ3) is 3.16. The smallest absolute Gasteiger partial charge is 0.207 e. The molecule has 114 valence electrons. The Morgan fingerprint density at radius 3 is 2.68 bits per heavy atom. The Morgan fingerprint density at radius 2 is 2.05 bits per heavy atom. The molecule has 1 aliphatic rings. The van der Waals surface area contributed by atoms with Crippen LogP contribution in [0.15, 0.2) is 43.0 Å². The predicted octanol–water partition coefficient (Wildman–Crippen LogP) is 1.55. The number of carbonyl (C=O) groups is 1. The second-order valence-corrected chi connectivity index (χ2v) is 5.28. The number of benzene rings is 1. The molecule has 0 unspecified atom stereocenters. The SMILES string of the molecule is [3H]C(=O)N[C@@H](C)c1ccc(OC2CN(c3cncnc3)C2)cc1. The molecule has 1 fully saturated rings. The van der Waals surface area contributed by atoms with Crippen LogP contribution in [0.4, 0.5) is 5.69 Å². The highest BCUT2D eigenvalue weighted by atomic mass is 16.5. The van der Waals surface area contributed by atoms with Crippen LogP contribution in [0.5, 0.6) is 5.75 Å². The molecule has 3 rings (SSSR count). The normalized spacial score (nSPS) is 16.4. The van der Waals surface area contributed by atoms with Crippen LogP contribution in [0.1, 0.15) is 19.9 Å². The highest BCUT2D eigenvalue weighted by molar-refractivity contribution is 5.48. The van der Waals surface area contributed by atoms with Crippen molar-refractivity contribution in [2.24, 2.45) is 0 Å². The van der Waals surface area contributed by atoms with Crippen LogP contribution in [0.2, 0.25) is 0 Å². The average molecular weight is 300 g/mol. The van der Waals surface area contributed by atoms with E-state index in [0.29, 0.717) is 0 Å². The molecular weight excluding hydrogens is 280 g/mol. The van der Waals surface area contributed by atoms with E-state index in [9.17, 15) is 4.79 Å². The van der Waals surface area contributed by atoms with Gasteiger partial charge >= 0.3 is 0 Å². The van der Waals surface area contributed by atoms with Crippen molar-refractivity contribution in [2.45, 2.75) is 19.1 Å². The van der Waals surface area contributed by atoms with Gasteiger partial charge in [0.15, 0.2) is 0 Å². The van der Waals surface area contributed by atoms with Gasteiger partial charge < -0.3 is 15.0 Å². The van der Waals surface area contributed by atoms with Crippen molar-refractivity contribution < 1.29 is 10.9 Å². The topological polar surface area (TPSA) is 67.3 Å². The maximum Gasteiger partial charge on any atom is 0.207 e. The largest absolute Gasteiger partial charge is 0.487 e. The number of nitrogens with zero attached hydrogens (tertiary/aromatic N) is 3. The highest BCUT2D eigenvalue weighted by Gasteiger charge is 2.28. The molecule has 2 aromatic rings. The lowest BCUT2D eigenvalue weighted by Gasteiger charge is -2.40. The molecule has 22 heavy (non-hydrogen) atoms. The van der Waals surface area contributed by atoms with Gasteiger partial charge in [-0.05, 0) is 24.6 Å². The molecular formula is C16H18N4O2. The molecule has 0 saturated carbocycles. The summed E-state index contributed by atoms with van der Waals surface area (Å²) >= 11 is 0. The Hall–Kier alpha value is -2.63. The average Bonchev–Trinajstić information content (AvgIpc) is 2.51. The zero-order valence-corrected chi connectivity index (χ0v) is 12.3. The van der Waals surface area contributed by atoms with E-state index in [4.69, 9.17) is 6.11 Å². The Labute approximate surface area is 130 Å². The number of hydrogen-bond acceptors (Lipinski definition) is 5. The fourth-order valence-corrected chi connectivity index (χ4v) is 2.38. The molecule has 1 amide bonds. The van der Waals surface area contributed by atoms with E-state index in [1.807, 2.05) is 31.2 Å². The van der Waals surface area contributed by atoms with Crippen LogP contribution in [-0.2, 0) is 4.79 Å². The molecule has 1 saturated heterocycles. The lowest BCUT2D eigenvalue weighted by Crippen LogP contribution is -2.54. The van der Waals surface area contributed by atoms with Gasteiger partial charge in [-0.15, -0.1) is 0 Å². The first kappa shape index (κ1) is 13.1. The number of amides is 1. The lowest BCUT2D eigenvalue weighted by molar-refractivity contribution is -0.110. The second-order valence-electron chi connectivity index (χ2n) is 5.28. The molecule has 1 atom stereocenters. The molecule has 1 aromatic carbocycles. The highest BCUT2D eigenvalue weighted by Crippen LogP contribution is 2.24. The van der Waals surface area contributed by atoms with Crippen LogP contribution < -0.4 is 15.0 Å². The van der Waals surface area contributed by atoms with Crippen LogP contribution in [0.25, 0.3) is 0 Å². The quantitative estimate of drug-likeness (QED) is 0.849. The first-order valence-electron chi connectivity index (χ1n) is 7.65. The van der Waals surface area contributed by atoms with Gasteiger partial charge in [0.25, 0.3) is 0 Å². The summed E-state index contributed by atoms with van der Waals surface area (Å²) in [5, 5.41) is 2.53. The summed E-state index contributed by atoms with van der Waals surface area (Å²) in [6.07, 6.45) is 4.46. The number of anilines is 1. The van der Waals surface area contributed by atoms with Gasteiger partial charge in [-0.2, -0.15) is 0 Å². The number of aromatic nitrogens is 2. The van der Waals surface area contributed by atoms with Crippen molar-refractivity contribution in [3.63, 3.8) is 0 Å². The maximum atomic E-state index is 10.8. The maximum absolute atomic E-state index is 10.8. The van der Waals surface area contributed by atoms with E-state index in [0.717, 1.165) is 30.1 Å². The number of carbonyl (C=O) groups excluding carboxylic acids is 1. The van der Waals surface area contributed by atoms with Crippen LogP contribution in [0.3, 0.4) is 0 Å². The summed E-state index contributed by atoms with van der Waals surface area (Å²) in [5.41, 5.74) is 1.94. The Morgan fingerprint density at radius 1 is 1.36 bits per heavy atom. The molecule has 6 heteroatoms. The van der Waals surface area contributed by atoms with Crippen LogP contribution >= 0.6 is 0 Å². The first-order chi connectivity index (χ1) is 11.1. The van der Waals surface area contributed by atoms with E-state index in [1.165, 1.54) is 6.33 Å². The number of nitrogens with one attached hydrogen (secondary N) is 1. The van der Waals surface area contributed by atoms with Gasteiger partial charge in [0.05, 0.1) is 37.2 Å². The minimum absolute atomic E-state index is 0.145. The monoisotopic (exact) mass is 300 g/mol. The third-order valence-corrected chi connectivity index (χ3v) is 3.72. The van der Waals surface area contributed by atoms with E-state index in [-0.39, 0.29) is 12.1 Å². The fraction of sp³-hybridized carbons (Fsp3) is 0.312. The van der Waals surface area contributed by atoms with Gasteiger partial charge in [0.2, 0.25) is 6.39 Å². The Bertz CT molecular complexity index is 660. The van der Waals surface area contributed by atoms with E-state index in [1.54, 1.807) is 12.4 Å². The van der Waals surface area contributed by atoms with Crippen molar-refractivity contribution in [3.05, 3.63) is 48.5 Å². The van der Waals surface area contributed by atoms with Crippen LogP contribution in [-0.4, -0.2) is 35.5 Å². The van der Waals surface area contributed by atoms with Gasteiger partial charge in [-0.25, -0.2) is 9.97 Å². The summed E-state index contributed by atoms with van der Waals surface area (Å²) < 4.78 is 12.8. The summed E-state index contributed by atoms with van der Waals surface area (Å²) in [4.78, 5) is 20.9. The van der Waals surface area contributed by atoms with Crippen molar-refractivity contribution in [1.82, 2.24) is 15.3 Å². The number of ether oxygens (including phenoxy) is 1. The van der Waals surface area contributed by atoms with Crippen molar-refractivity contribution >= 4 is 12.1 Å². The predicted molar refractivity (Wildman–Crippen MR) is 82.7 cm³/mol. The second kappa shape index (κ2) is 6.43. The van der Waals surface area contributed by atoms with E-state index >= 15 is 0 Å². The summed E-state index contributed by atoms with van der Waals surface area (Å²) in [6.45, 7) is 3.45. The van der Waals surface area contributed by atoms with Crippen molar-refractivity contribution in [1.29, 1.82) is 0 Å². The molecule has 1 N–H and O–H groups in total. The zero-order chi connectivity index (χ0) is 16.2. The fourth-order valence-electron chi connectivity index (χ4n) is 2.38. The summed E-state index contributed by atoms with van der Waals surface area (Å²) in [6, 6.07) is 7.38. The third-order valence-electron chi connectivity index (χ3n) is 3.72. The standard InChI is InChI=1S/C16H18N4O2/c1-12(19-11-21)13-2-4-15(5-3-13)22-16-8-20(9-16)14-6-17-10-18-7-14/h2-7,10-12,16H,8-9H2,1H3,(H,19,21)/t12-/m0/s1/i11T. The number of hydrogen-bond donors (Lipinski definition) is 1. The van der Waals surface area contributed by atoms with Gasteiger partial charge in [-0.3, -0.25) is 4.79 Å². The summed E-state index contributed by atoms with van der Waals surface area (Å²) in [5.74, 6) is 0.798. The van der Waals surface area contributed by atoms with Gasteiger partial charge in [0.1, 0.15) is 19.6 Å². The van der Waals surface area contributed by atoms with E-state index in [2.05, 4.69) is 20.2 Å². The van der Waals surface area contributed by atoms with Crippen LogP contribution in [0, 0.1) is 0 Å². The molecule has 0 aliphatic carbocycles.